The number of rotatable bonds is 2. The van der Waals surface area contributed by atoms with Crippen LogP contribution < -0.4 is 0 Å². The molecule has 2 unspecified atom stereocenters. The van der Waals surface area contributed by atoms with Gasteiger partial charge in [-0.2, -0.15) is 0 Å². The van der Waals surface area contributed by atoms with Crippen molar-refractivity contribution in [2.45, 2.75) is 77.0 Å². The molecule has 0 nitrogen and oxygen atoms in total. The number of hydrogen-bond donors (Lipinski definition) is 0. The molecule has 4 aliphatic rings. The second-order valence-corrected chi connectivity index (χ2v) is 12.1. The van der Waals surface area contributed by atoms with E-state index in [9.17, 15) is 0 Å². The van der Waals surface area contributed by atoms with Crippen molar-refractivity contribution in [2.24, 2.45) is 11.8 Å². The maximum absolute atomic E-state index is 2.56. The first kappa shape index (κ1) is 16.1. The fraction of sp³-hybridized carbons (Fsp3) is 0.583. The third kappa shape index (κ3) is 2.01. The Bertz CT molecular complexity index is 956. The van der Waals surface area contributed by atoms with E-state index in [0.29, 0.717) is 5.41 Å². The van der Waals surface area contributed by atoms with Crippen LogP contribution in [0.2, 0.25) is 0 Å². The molecule has 1 aromatic carbocycles. The van der Waals surface area contributed by atoms with Gasteiger partial charge >= 0.3 is 0 Å². The molecule has 2 heterocycles. The molecule has 2 heteroatoms. The quantitative estimate of drug-likeness (QED) is 0.421. The smallest absolute Gasteiger partial charge is 0.0393 e. The van der Waals surface area contributed by atoms with Crippen molar-refractivity contribution in [3.05, 3.63) is 33.0 Å². The third-order valence-corrected chi connectivity index (χ3v) is 10.1. The first-order valence-electron chi connectivity index (χ1n) is 10.5. The number of fused-ring (bicyclic) bond motifs is 3. The van der Waals surface area contributed by atoms with Crippen molar-refractivity contribution in [2.75, 3.05) is 0 Å². The maximum Gasteiger partial charge on any atom is 0.0393 e. The van der Waals surface area contributed by atoms with Crippen molar-refractivity contribution in [3.8, 4) is 0 Å². The van der Waals surface area contributed by atoms with Gasteiger partial charge < -0.3 is 0 Å². The summed E-state index contributed by atoms with van der Waals surface area (Å²) in [6.45, 7) is 7.21. The van der Waals surface area contributed by atoms with Crippen LogP contribution in [0.15, 0.2) is 12.1 Å². The lowest BCUT2D eigenvalue weighted by Gasteiger charge is -2.38. The first-order chi connectivity index (χ1) is 12.5. The van der Waals surface area contributed by atoms with Crippen LogP contribution >= 0.6 is 22.7 Å². The Kier molecular flexibility index (Phi) is 3.32. The lowest BCUT2D eigenvalue weighted by atomic mass is 9.67. The van der Waals surface area contributed by atoms with Crippen LogP contribution in [0.25, 0.3) is 20.2 Å². The third-order valence-electron chi connectivity index (χ3n) is 7.92. The van der Waals surface area contributed by atoms with E-state index in [1.54, 1.807) is 31.3 Å². The number of benzene rings is 1. The standard InChI is InChI=1S/C24H28S2/c1-13-10-17-20(19-15-6-7-16(19)12-15)22-18(11-14(2)25-22)21(23(17)26-13)24(3)8-4-5-9-24/h10-11,15-16,19H,4-9,12H2,1-3H3. The number of thiophene rings is 2. The minimum absolute atomic E-state index is 0.387. The van der Waals surface area contributed by atoms with Gasteiger partial charge in [-0.3, -0.25) is 0 Å². The summed E-state index contributed by atoms with van der Waals surface area (Å²) in [5, 5.41) is 3.28. The molecule has 26 heavy (non-hydrogen) atoms. The number of aryl methyl sites for hydroxylation is 2. The van der Waals surface area contributed by atoms with Gasteiger partial charge in [-0.15, -0.1) is 22.7 Å². The molecule has 0 saturated heterocycles. The van der Waals surface area contributed by atoms with E-state index < -0.39 is 0 Å². The summed E-state index contributed by atoms with van der Waals surface area (Å²) in [4.78, 5) is 3.01. The highest BCUT2D eigenvalue weighted by molar-refractivity contribution is 7.21. The van der Waals surface area contributed by atoms with Crippen LogP contribution in [0.3, 0.4) is 0 Å². The maximum atomic E-state index is 2.56. The molecule has 136 valence electrons. The largest absolute Gasteiger partial charge is 0.140 e. The molecule has 4 aliphatic carbocycles. The lowest BCUT2D eigenvalue weighted by Crippen LogP contribution is -2.26. The predicted octanol–water partition coefficient (Wildman–Crippen LogP) is 8.08. The molecule has 0 amide bonds. The highest BCUT2D eigenvalue weighted by Crippen LogP contribution is 2.62. The van der Waals surface area contributed by atoms with Gasteiger partial charge in [-0.25, -0.2) is 0 Å². The van der Waals surface area contributed by atoms with E-state index in [1.165, 1.54) is 54.7 Å². The Labute approximate surface area is 164 Å². The zero-order valence-corrected chi connectivity index (χ0v) is 17.8. The van der Waals surface area contributed by atoms with E-state index in [2.05, 4.69) is 55.6 Å². The van der Waals surface area contributed by atoms with Crippen LogP contribution in [-0.2, 0) is 5.41 Å². The van der Waals surface area contributed by atoms with Crippen LogP contribution in [0.1, 0.15) is 78.7 Å². The summed E-state index contributed by atoms with van der Waals surface area (Å²) in [5.74, 6) is 2.81. The zero-order chi connectivity index (χ0) is 17.6. The van der Waals surface area contributed by atoms with E-state index >= 15 is 0 Å². The summed E-state index contributed by atoms with van der Waals surface area (Å²) in [6.07, 6.45) is 10.0. The fourth-order valence-corrected chi connectivity index (χ4v) is 9.11. The van der Waals surface area contributed by atoms with Gasteiger partial charge in [0.2, 0.25) is 0 Å². The topological polar surface area (TPSA) is 0 Å². The summed E-state index contributed by atoms with van der Waals surface area (Å²) < 4.78 is 3.32. The normalized spacial score (nSPS) is 29.7. The summed E-state index contributed by atoms with van der Waals surface area (Å²) >= 11 is 4.17. The summed E-state index contributed by atoms with van der Waals surface area (Å²) in [6, 6.07) is 5.08. The molecule has 4 saturated carbocycles. The van der Waals surface area contributed by atoms with Gasteiger partial charge in [0, 0.05) is 19.2 Å². The molecular weight excluding hydrogens is 352 g/mol. The molecule has 0 aliphatic heterocycles. The Morgan fingerprint density at radius 3 is 2.15 bits per heavy atom. The van der Waals surface area contributed by atoms with Crippen molar-refractivity contribution >= 4 is 42.8 Å². The predicted molar refractivity (Wildman–Crippen MR) is 116 cm³/mol. The first-order valence-corrected chi connectivity index (χ1v) is 12.1. The van der Waals surface area contributed by atoms with Gasteiger partial charge in [0.15, 0.2) is 0 Å². The minimum Gasteiger partial charge on any atom is -0.140 e. The summed E-state index contributed by atoms with van der Waals surface area (Å²) in [5.41, 5.74) is 3.87. The highest BCUT2D eigenvalue weighted by atomic mass is 32.1. The van der Waals surface area contributed by atoms with Crippen molar-refractivity contribution in [1.82, 2.24) is 0 Å². The number of hydrogen-bond acceptors (Lipinski definition) is 2. The van der Waals surface area contributed by atoms with Crippen molar-refractivity contribution < 1.29 is 0 Å². The SMILES string of the molecule is Cc1cc2c(C3(C)CCCC3)c3sc(C)cc3c(C3C4CCC3C4)c2s1. The molecule has 2 atom stereocenters. The zero-order valence-electron chi connectivity index (χ0n) is 16.2. The Balaban J connectivity index is 1.73. The molecule has 2 aromatic heterocycles. The summed E-state index contributed by atoms with van der Waals surface area (Å²) in [7, 11) is 0. The molecule has 4 fully saturated rings. The van der Waals surface area contributed by atoms with Crippen LogP contribution in [-0.4, -0.2) is 0 Å². The fourth-order valence-electron chi connectivity index (χ4n) is 6.75. The Hall–Kier alpha value is -0.860. The molecule has 0 spiro atoms. The minimum atomic E-state index is 0.387. The van der Waals surface area contributed by atoms with E-state index in [4.69, 9.17) is 0 Å². The second kappa shape index (κ2) is 5.35. The molecular formula is C24H28S2. The average molecular weight is 381 g/mol. The van der Waals surface area contributed by atoms with Crippen LogP contribution in [0.4, 0.5) is 0 Å². The van der Waals surface area contributed by atoms with Crippen molar-refractivity contribution in [3.63, 3.8) is 0 Å². The van der Waals surface area contributed by atoms with E-state index in [-0.39, 0.29) is 0 Å². The van der Waals surface area contributed by atoms with Crippen LogP contribution in [0, 0.1) is 25.7 Å². The van der Waals surface area contributed by atoms with E-state index in [1.807, 2.05) is 0 Å². The second-order valence-electron chi connectivity index (χ2n) is 9.62. The monoisotopic (exact) mass is 380 g/mol. The average Bonchev–Trinajstić information content (AvgIpc) is 3.34. The molecule has 3 aromatic rings. The van der Waals surface area contributed by atoms with Crippen molar-refractivity contribution in [1.29, 1.82) is 0 Å². The lowest BCUT2D eigenvalue weighted by molar-refractivity contribution is 0.242. The molecule has 0 radical (unpaired) electrons. The van der Waals surface area contributed by atoms with Crippen LogP contribution in [0.5, 0.6) is 0 Å². The van der Waals surface area contributed by atoms with Gasteiger partial charge in [0.25, 0.3) is 0 Å². The highest BCUT2D eigenvalue weighted by Gasteiger charge is 2.49. The Morgan fingerprint density at radius 1 is 0.885 bits per heavy atom. The van der Waals surface area contributed by atoms with Gasteiger partial charge in [-0.1, -0.05) is 19.8 Å². The molecule has 0 N–H and O–H groups in total. The Morgan fingerprint density at radius 2 is 1.50 bits per heavy atom. The molecule has 2 bridgehead atoms. The van der Waals surface area contributed by atoms with Gasteiger partial charge in [-0.05, 0) is 103 Å². The van der Waals surface area contributed by atoms with E-state index in [0.717, 1.165) is 17.8 Å². The van der Waals surface area contributed by atoms with Gasteiger partial charge in [0.05, 0.1) is 0 Å². The molecule has 7 rings (SSSR count). The van der Waals surface area contributed by atoms with Gasteiger partial charge in [0.1, 0.15) is 0 Å².